The molecule has 0 radical (unpaired) electrons. The minimum Gasteiger partial charge on any atom is -0.326 e. The highest BCUT2D eigenvalue weighted by Crippen LogP contribution is 2.19. The zero-order valence-electron chi connectivity index (χ0n) is 9.32. The molecule has 0 saturated carbocycles. The summed E-state index contributed by atoms with van der Waals surface area (Å²) in [5, 5.41) is 2.58. The first-order valence-corrected chi connectivity index (χ1v) is 4.90. The summed E-state index contributed by atoms with van der Waals surface area (Å²) in [6.45, 7) is 1.40. The smallest absolute Gasteiger partial charge is 0.240 e. The van der Waals surface area contributed by atoms with Crippen LogP contribution in [0.25, 0.3) is 0 Å². The molecule has 0 aromatic heterocycles. The van der Waals surface area contributed by atoms with Gasteiger partial charge in [0.2, 0.25) is 12.3 Å². The van der Waals surface area contributed by atoms with Gasteiger partial charge < -0.3 is 11.1 Å². The lowest BCUT2D eigenvalue weighted by atomic mass is 10.0. The number of nitrogens with two attached hydrogens (primary N) is 1. The van der Waals surface area contributed by atoms with Crippen molar-refractivity contribution in [2.75, 3.05) is 5.32 Å². The van der Waals surface area contributed by atoms with Gasteiger partial charge in [-0.3, -0.25) is 4.79 Å². The van der Waals surface area contributed by atoms with Crippen LogP contribution in [0.15, 0.2) is 24.3 Å². The monoisotopic (exact) mass is 264 g/mol. The van der Waals surface area contributed by atoms with E-state index < -0.39 is 12.5 Å². The van der Waals surface area contributed by atoms with E-state index in [0.29, 0.717) is 11.3 Å². The zero-order valence-corrected chi connectivity index (χ0v) is 10.1. The quantitative estimate of drug-likeness (QED) is 0.879. The fraction of sp³-hybridized carbons (Fsp3) is 0.364. The maximum Gasteiger partial charge on any atom is 0.240 e. The van der Waals surface area contributed by atoms with Gasteiger partial charge >= 0.3 is 0 Å². The summed E-state index contributed by atoms with van der Waals surface area (Å²) in [4.78, 5) is 10.7. The topological polar surface area (TPSA) is 55.1 Å². The molecule has 17 heavy (non-hydrogen) atoms. The normalized spacial score (nSPS) is 11.8. The molecule has 0 saturated heterocycles. The summed E-state index contributed by atoms with van der Waals surface area (Å²) >= 11 is 0. The largest absolute Gasteiger partial charge is 0.326 e. The van der Waals surface area contributed by atoms with Crippen molar-refractivity contribution in [3.05, 3.63) is 29.8 Å². The number of hydrogen-bond donors (Lipinski definition) is 2. The molecule has 0 bridgehead atoms. The molecule has 1 aromatic carbocycles. The van der Waals surface area contributed by atoms with Crippen LogP contribution in [0.1, 0.15) is 24.9 Å². The van der Waals surface area contributed by atoms with E-state index in [4.69, 9.17) is 5.73 Å². The number of carbonyl (C=O) groups is 1. The van der Waals surface area contributed by atoms with Crippen LogP contribution in [-0.2, 0) is 4.79 Å². The van der Waals surface area contributed by atoms with E-state index in [-0.39, 0.29) is 24.7 Å². The van der Waals surface area contributed by atoms with Gasteiger partial charge in [-0.25, -0.2) is 8.78 Å². The van der Waals surface area contributed by atoms with Crippen LogP contribution in [0.3, 0.4) is 0 Å². The first kappa shape index (κ1) is 15.8. The van der Waals surface area contributed by atoms with E-state index in [1.54, 1.807) is 24.3 Å². The molecule has 1 aromatic rings. The van der Waals surface area contributed by atoms with Gasteiger partial charge in [0, 0.05) is 25.1 Å². The van der Waals surface area contributed by atoms with Gasteiger partial charge in [0.25, 0.3) is 0 Å². The lowest BCUT2D eigenvalue weighted by Gasteiger charge is -2.12. The van der Waals surface area contributed by atoms with Crippen LogP contribution in [0.2, 0.25) is 0 Å². The molecule has 0 heterocycles. The van der Waals surface area contributed by atoms with Crippen LogP contribution >= 0.6 is 12.4 Å². The number of hydrogen-bond acceptors (Lipinski definition) is 2. The second kappa shape index (κ2) is 7.19. The Morgan fingerprint density at radius 1 is 1.35 bits per heavy atom. The third-order valence-electron chi connectivity index (χ3n) is 2.09. The molecule has 3 nitrogen and oxygen atoms in total. The molecule has 0 spiro atoms. The number of alkyl halides is 2. The lowest BCUT2D eigenvalue weighted by Crippen LogP contribution is -2.14. The highest BCUT2D eigenvalue weighted by atomic mass is 35.5. The Balaban J connectivity index is 0.00000256. The number of benzene rings is 1. The third-order valence-corrected chi connectivity index (χ3v) is 2.09. The maximum absolute atomic E-state index is 12.1. The number of nitrogens with one attached hydrogen (secondary N) is 1. The van der Waals surface area contributed by atoms with Crippen molar-refractivity contribution < 1.29 is 13.6 Å². The average Bonchev–Trinajstić information content (AvgIpc) is 2.16. The van der Waals surface area contributed by atoms with Crippen molar-refractivity contribution in [1.29, 1.82) is 0 Å². The number of carbonyl (C=O) groups excluding carboxylic acids is 1. The molecular weight excluding hydrogens is 250 g/mol. The Bertz CT molecular complexity index is 357. The molecule has 3 N–H and O–H groups in total. The third kappa shape index (κ3) is 5.60. The number of anilines is 1. The van der Waals surface area contributed by atoms with Crippen LogP contribution in [0, 0.1) is 0 Å². The predicted molar refractivity (Wildman–Crippen MR) is 65.5 cm³/mol. The van der Waals surface area contributed by atoms with E-state index >= 15 is 0 Å². The van der Waals surface area contributed by atoms with Crippen LogP contribution in [0.5, 0.6) is 0 Å². The fourth-order valence-corrected chi connectivity index (χ4v) is 1.34. The Kier molecular flexibility index (Phi) is 6.68. The lowest BCUT2D eigenvalue weighted by molar-refractivity contribution is -0.114. The number of rotatable bonds is 4. The van der Waals surface area contributed by atoms with Gasteiger partial charge in [-0.1, -0.05) is 12.1 Å². The van der Waals surface area contributed by atoms with Gasteiger partial charge in [0.05, 0.1) is 0 Å². The highest BCUT2D eigenvalue weighted by molar-refractivity contribution is 5.88. The zero-order chi connectivity index (χ0) is 12.1. The molecule has 0 fully saturated rings. The van der Waals surface area contributed by atoms with Crippen LogP contribution in [0.4, 0.5) is 14.5 Å². The first-order chi connectivity index (χ1) is 7.49. The van der Waals surface area contributed by atoms with Gasteiger partial charge in [-0.2, -0.15) is 0 Å². The van der Waals surface area contributed by atoms with Gasteiger partial charge in [-0.15, -0.1) is 12.4 Å². The summed E-state index contributed by atoms with van der Waals surface area (Å²) in [5.41, 5.74) is 6.84. The predicted octanol–water partition coefficient (Wildman–Crippen LogP) is 2.72. The Morgan fingerprint density at radius 2 is 1.88 bits per heavy atom. The van der Waals surface area contributed by atoms with Crippen LogP contribution < -0.4 is 11.1 Å². The van der Waals surface area contributed by atoms with Crippen molar-refractivity contribution in [2.24, 2.45) is 5.73 Å². The van der Waals surface area contributed by atoms with E-state index in [1.807, 2.05) is 0 Å². The molecule has 0 aliphatic rings. The first-order valence-electron chi connectivity index (χ1n) is 4.90. The number of halogens is 3. The Morgan fingerprint density at radius 3 is 2.29 bits per heavy atom. The summed E-state index contributed by atoms with van der Waals surface area (Å²) in [6, 6.07) is 5.88. The molecule has 96 valence electrons. The van der Waals surface area contributed by atoms with Crippen molar-refractivity contribution in [3.8, 4) is 0 Å². The van der Waals surface area contributed by atoms with Crippen LogP contribution in [-0.4, -0.2) is 12.3 Å². The van der Waals surface area contributed by atoms with E-state index in [0.717, 1.165) is 0 Å². The minimum atomic E-state index is -2.41. The fourth-order valence-electron chi connectivity index (χ4n) is 1.34. The molecule has 1 atom stereocenters. The van der Waals surface area contributed by atoms with Gasteiger partial charge in [0.1, 0.15) is 0 Å². The standard InChI is InChI=1S/C11H14F2N2O.ClH/c1-7(16)15-9-4-2-8(3-5-9)10(14)6-11(12)13;/h2-5,10-11H,6,14H2,1H3,(H,15,16);1H/t10-;/m1./s1. The maximum atomic E-state index is 12.1. The second-order valence-corrected chi connectivity index (χ2v) is 3.54. The van der Waals surface area contributed by atoms with E-state index in [9.17, 15) is 13.6 Å². The molecule has 0 unspecified atom stereocenters. The SMILES string of the molecule is CC(=O)Nc1ccc([C@H](N)CC(F)F)cc1.Cl. The van der Waals surface area contributed by atoms with Crippen molar-refractivity contribution in [3.63, 3.8) is 0 Å². The molecule has 0 aliphatic heterocycles. The molecule has 6 heteroatoms. The Hall–Kier alpha value is -1.20. The molecule has 0 aliphatic carbocycles. The minimum absolute atomic E-state index is 0. The second-order valence-electron chi connectivity index (χ2n) is 3.54. The number of amides is 1. The van der Waals surface area contributed by atoms with E-state index in [1.165, 1.54) is 6.92 Å². The van der Waals surface area contributed by atoms with Crippen molar-refractivity contribution in [1.82, 2.24) is 0 Å². The summed E-state index contributed by atoms with van der Waals surface area (Å²) in [5.74, 6) is -0.176. The van der Waals surface area contributed by atoms with Crippen molar-refractivity contribution in [2.45, 2.75) is 25.8 Å². The molecule has 1 rings (SSSR count). The summed E-state index contributed by atoms with van der Waals surface area (Å²) in [7, 11) is 0. The Labute approximate surface area is 105 Å². The summed E-state index contributed by atoms with van der Waals surface area (Å²) < 4.78 is 24.2. The summed E-state index contributed by atoms with van der Waals surface area (Å²) in [6.07, 6.45) is -2.77. The molecule has 1 amide bonds. The highest BCUT2D eigenvalue weighted by Gasteiger charge is 2.12. The van der Waals surface area contributed by atoms with Crippen molar-refractivity contribution >= 4 is 24.0 Å². The van der Waals surface area contributed by atoms with Gasteiger partial charge in [0.15, 0.2) is 0 Å². The molecular formula is C11H15ClF2N2O. The van der Waals surface area contributed by atoms with E-state index in [2.05, 4.69) is 5.32 Å². The average molecular weight is 265 g/mol. The van der Waals surface area contributed by atoms with Gasteiger partial charge in [-0.05, 0) is 17.7 Å².